The molecule has 1 aromatic rings. The SMILES string of the molecule is CCOc1cc(/C=C2\SC(=O)N(CC(=O)N3CCOCC3)C2=O)cc(Br)c1OC. The van der Waals surface area contributed by atoms with Gasteiger partial charge in [-0.25, -0.2) is 0 Å². The zero-order valence-corrected chi connectivity index (χ0v) is 18.5. The molecule has 2 aliphatic heterocycles. The topological polar surface area (TPSA) is 85.4 Å². The van der Waals surface area contributed by atoms with E-state index in [9.17, 15) is 14.4 Å². The Kier molecular flexibility index (Phi) is 7.20. The zero-order valence-electron chi connectivity index (χ0n) is 16.1. The number of morpholine rings is 1. The maximum absolute atomic E-state index is 12.7. The second-order valence-corrected chi connectivity index (χ2v) is 8.08. The van der Waals surface area contributed by atoms with Gasteiger partial charge in [0.1, 0.15) is 6.54 Å². The van der Waals surface area contributed by atoms with Gasteiger partial charge in [0, 0.05) is 13.1 Å². The van der Waals surface area contributed by atoms with Crippen LogP contribution in [0.1, 0.15) is 12.5 Å². The van der Waals surface area contributed by atoms with Crippen LogP contribution < -0.4 is 9.47 Å². The van der Waals surface area contributed by atoms with Crippen LogP contribution in [0.3, 0.4) is 0 Å². The summed E-state index contributed by atoms with van der Waals surface area (Å²) in [6, 6.07) is 3.51. The average Bonchev–Trinajstić information content (AvgIpc) is 2.96. The van der Waals surface area contributed by atoms with Gasteiger partial charge in [-0.15, -0.1) is 0 Å². The molecular formula is C19H21BrN2O6S. The van der Waals surface area contributed by atoms with Gasteiger partial charge in [-0.3, -0.25) is 19.3 Å². The van der Waals surface area contributed by atoms with Crippen LogP contribution in [0.25, 0.3) is 6.08 Å². The fraction of sp³-hybridized carbons (Fsp3) is 0.421. The van der Waals surface area contributed by atoms with Crippen molar-refractivity contribution in [2.75, 3.05) is 46.6 Å². The van der Waals surface area contributed by atoms with Gasteiger partial charge in [-0.2, -0.15) is 0 Å². The number of hydrogen-bond donors (Lipinski definition) is 0. The molecule has 2 aliphatic rings. The highest BCUT2D eigenvalue weighted by molar-refractivity contribution is 9.10. The minimum absolute atomic E-state index is 0.254. The Balaban J connectivity index is 1.78. The van der Waals surface area contributed by atoms with E-state index in [1.807, 2.05) is 6.92 Å². The lowest BCUT2D eigenvalue weighted by atomic mass is 10.2. The summed E-state index contributed by atoms with van der Waals surface area (Å²) < 4.78 is 16.8. The van der Waals surface area contributed by atoms with Crippen molar-refractivity contribution >= 4 is 50.8 Å². The van der Waals surface area contributed by atoms with Gasteiger partial charge < -0.3 is 19.1 Å². The fourth-order valence-electron chi connectivity index (χ4n) is 2.97. The van der Waals surface area contributed by atoms with Crippen molar-refractivity contribution in [2.45, 2.75) is 6.92 Å². The number of thioether (sulfide) groups is 1. The third-order valence-corrected chi connectivity index (χ3v) is 5.86. The number of hydrogen-bond acceptors (Lipinski definition) is 7. The number of nitrogens with zero attached hydrogens (tertiary/aromatic N) is 2. The number of imide groups is 1. The summed E-state index contributed by atoms with van der Waals surface area (Å²) in [7, 11) is 1.54. The fourth-order valence-corrected chi connectivity index (χ4v) is 4.43. The molecule has 0 aromatic heterocycles. The van der Waals surface area contributed by atoms with E-state index in [0.717, 1.165) is 16.7 Å². The Bertz CT molecular complexity index is 853. The lowest BCUT2D eigenvalue weighted by Crippen LogP contribution is -2.46. The number of benzene rings is 1. The Morgan fingerprint density at radius 3 is 2.69 bits per heavy atom. The van der Waals surface area contributed by atoms with Gasteiger partial charge in [-0.1, -0.05) is 0 Å². The van der Waals surface area contributed by atoms with E-state index >= 15 is 0 Å². The first-order valence-corrected chi connectivity index (χ1v) is 10.7. The second kappa shape index (κ2) is 9.64. The number of carbonyl (C=O) groups excluding carboxylic acids is 3. The highest BCUT2D eigenvalue weighted by Crippen LogP contribution is 2.39. The van der Waals surface area contributed by atoms with Gasteiger partial charge in [0.05, 0.1) is 36.3 Å². The second-order valence-electron chi connectivity index (χ2n) is 6.23. The Morgan fingerprint density at radius 1 is 1.31 bits per heavy atom. The summed E-state index contributed by atoms with van der Waals surface area (Å²) in [4.78, 5) is 40.3. The third kappa shape index (κ3) is 4.93. The summed E-state index contributed by atoms with van der Waals surface area (Å²) in [5, 5.41) is -0.458. The first-order chi connectivity index (χ1) is 13.9. The summed E-state index contributed by atoms with van der Waals surface area (Å²) in [5.74, 6) is 0.333. The van der Waals surface area contributed by atoms with Crippen molar-refractivity contribution in [2.24, 2.45) is 0 Å². The van der Waals surface area contributed by atoms with E-state index in [2.05, 4.69) is 15.9 Å². The maximum Gasteiger partial charge on any atom is 0.294 e. The Labute approximate surface area is 181 Å². The summed E-state index contributed by atoms with van der Waals surface area (Å²) >= 11 is 4.25. The predicted octanol–water partition coefficient (Wildman–Crippen LogP) is 2.75. The van der Waals surface area contributed by atoms with Gasteiger partial charge >= 0.3 is 0 Å². The third-order valence-electron chi connectivity index (χ3n) is 4.36. The van der Waals surface area contributed by atoms with Crippen LogP contribution in [0.2, 0.25) is 0 Å². The normalized spacial score (nSPS) is 18.5. The van der Waals surface area contributed by atoms with E-state index in [1.165, 1.54) is 0 Å². The molecule has 3 rings (SSSR count). The molecule has 8 nitrogen and oxygen atoms in total. The molecule has 2 saturated heterocycles. The average molecular weight is 485 g/mol. The zero-order chi connectivity index (χ0) is 21.0. The van der Waals surface area contributed by atoms with E-state index in [4.69, 9.17) is 14.2 Å². The van der Waals surface area contributed by atoms with Gasteiger partial charge in [-0.05, 0) is 58.4 Å². The molecule has 0 atom stereocenters. The maximum atomic E-state index is 12.7. The molecule has 29 heavy (non-hydrogen) atoms. The highest BCUT2D eigenvalue weighted by atomic mass is 79.9. The van der Waals surface area contributed by atoms with E-state index < -0.39 is 11.1 Å². The van der Waals surface area contributed by atoms with Gasteiger partial charge in [0.2, 0.25) is 5.91 Å². The molecule has 2 heterocycles. The van der Waals surface area contributed by atoms with Crippen molar-refractivity contribution in [1.82, 2.24) is 9.80 Å². The smallest absolute Gasteiger partial charge is 0.294 e. The van der Waals surface area contributed by atoms with E-state index in [-0.39, 0.29) is 17.4 Å². The molecule has 0 saturated carbocycles. The lowest BCUT2D eigenvalue weighted by Gasteiger charge is -2.28. The lowest BCUT2D eigenvalue weighted by molar-refractivity contribution is -0.139. The van der Waals surface area contributed by atoms with Crippen molar-refractivity contribution in [3.05, 3.63) is 27.1 Å². The monoisotopic (exact) mass is 484 g/mol. The number of carbonyl (C=O) groups is 3. The molecule has 3 amide bonds. The number of methoxy groups -OCH3 is 1. The van der Waals surface area contributed by atoms with Crippen molar-refractivity contribution in [3.63, 3.8) is 0 Å². The predicted molar refractivity (Wildman–Crippen MR) is 112 cm³/mol. The standard InChI is InChI=1S/C19H21BrN2O6S/c1-3-28-14-9-12(8-13(20)17(14)26-2)10-15-18(24)22(19(25)29-15)11-16(23)21-4-6-27-7-5-21/h8-10H,3-7,11H2,1-2H3/b15-10-. The van der Waals surface area contributed by atoms with E-state index in [1.54, 1.807) is 30.2 Å². The molecule has 0 bridgehead atoms. The number of amides is 3. The first kappa shape index (κ1) is 21.7. The minimum Gasteiger partial charge on any atom is -0.492 e. The van der Waals surface area contributed by atoms with Crippen LogP contribution in [0.15, 0.2) is 21.5 Å². The van der Waals surface area contributed by atoms with E-state index in [0.29, 0.717) is 54.4 Å². The Hall–Kier alpha value is -2.04. The minimum atomic E-state index is -0.480. The molecule has 10 heteroatoms. The quantitative estimate of drug-likeness (QED) is 0.573. The van der Waals surface area contributed by atoms with Gasteiger partial charge in [0.15, 0.2) is 11.5 Å². The van der Waals surface area contributed by atoms with Crippen LogP contribution in [0, 0.1) is 0 Å². The number of rotatable bonds is 6. The number of halogens is 1. The summed E-state index contributed by atoms with van der Waals surface area (Å²) in [6.07, 6.45) is 1.61. The summed E-state index contributed by atoms with van der Waals surface area (Å²) in [5.41, 5.74) is 0.672. The van der Waals surface area contributed by atoms with Crippen LogP contribution in [-0.2, 0) is 14.3 Å². The molecule has 156 valence electrons. The van der Waals surface area contributed by atoms with Crippen molar-refractivity contribution in [1.29, 1.82) is 0 Å². The molecule has 0 spiro atoms. The molecule has 0 aliphatic carbocycles. The van der Waals surface area contributed by atoms with Crippen LogP contribution in [0.4, 0.5) is 4.79 Å². The Morgan fingerprint density at radius 2 is 2.03 bits per heavy atom. The summed E-state index contributed by atoms with van der Waals surface area (Å²) in [6.45, 7) is 3.89. The van der Waals surface area contributed by atoms with Crippen LogP contribution in [-0.4, -0.2) is 73.4 Å². The van der Waals surface area contributed by atoms with Crippen molar-refractivity contribution < 1.29 is 28.6 Å². The molecule has 1 aromatic carbocycles. The van der Waals surface area contributed by atoms with Crippen LogP contribution in [0.5, 0.6) is 11.5 Å². The number of ether oxygens (including phenoxy) is 3. The molecule has 0 radical (unpaired) electrons. The van der Waals surface area contributed by atoms with Crippen LogP contribution >= 0.6 is 27.7 Å². The molecule has 0 N–H and O–H groups in total. The van der Waals surface area contributed by atoms with Crippen molar-refractivity contribution in [3.8, 4) is 11.5 Å². The first-order valence-electron chi connectivity index (χ1n) is 9.05. The van der Waals surface area contributed by atoms with Gasteiger partial charge in [0.25, 0.3) is 11.1 Å². The molecule has 2 fully saturated rings. The molecular weight excluding hydrogens is 464 g/mol. The largest absolute Gasteiger partial charge is 0.492 e. The molecule has 0 unspecified atom stereocenters. The highest BCUT2D eigenvalue weighted by Gasteiger charge is 2.37.